The van der Waals surface area contributed by atoms with E-state index in [2.05, 4.69) is 51.7 Å². The Bertz CT molecular complexity index is 800. The number of guanidine groups is 1. The molecule has 2 aromatic rings. The fourth-order valence-corrected chi connectivity index (χ4v) is 3.45. The molecule has 2 aromatic carbocycles. The van der Waals surface area contributed by atoms with Crippen molar-refractivity contribution in [3.63, 3.8) is 0 Å². The molecule has 0 bridgehead atoms. The van der Waals surface area contributed by atoms with Crippen LogP contribution < -0.4 is 15.5 Å². The van der Waals surface area contributed by atoms with Crippen molar-refractivity contribution in [2.45, 2.75) is 33.7 Å². The number of benzene rings is 2. The van der Waals surface area contributed by atoms with Crippen molar-refractivity contribution in [3.8, 4) is 0 Å². The highest BCUT2D eigenvalue weighted by molar-refractivity contribution is 5.94. The number of hydrogen-bond donors (Lipinski definition) is 2. The Balaban J connectivity index is 1.76. The van der Waals surface area contributed by atoms with Gasteiger partial charge >= 0.3 is 0 Å². The summed E-state index contributed by atoms with van der Waals surface area (Å²) in [4.78, 5) is 20.9. The first-order valence-corrected chi connectivity index (χ1v) is 11.3. The fourth-order valence-electron chi connectivity index (χ4n) is 3.45. The second kappa shape index (κ2) is 13.3. The molecule has 1 amide bonds. The molecule has 0 aromatic heterocycles. The summed E-state index contributed by atoms with van der Waals surface area (Å²) in [7, 11) is 1.78. The van der Waals surface area contributed by atoms with Crippen LogP contribution in [0.3, 0.4) is 0 Å². The van der Waals surface area contributed by atoms with Gasteiger partial charge in [0.15, 0.2) is 5.96 Å². The molecule has 0 spiro atoms. The molecule has 0 atom stereocenters. The summed E-state index contributed by atoms with van der Waals surface area (Å²) in [5.41, 5.74) is 3.10. The van der Waals surface area contributed by atoms with Crippen LogP contribution in [-0.4, -0.2) is 56.5 Å². The van der Waals surface area contributed by atoms with Crippen molar-refractivity contribution in [1.82, 2.24) is 15.5 Å². The Kier molecular flexibility index (Phi) is 10.4. The largest absolute Gasteiger partial charge is 0.372 e. The standard InChI is InChI=1S/C25H37N5O/c1-5-29(6-2)24(31)22-16-14-21(15-17-22)20-28-25(26-4)27-18-11-19-30(7-3)23-12-9-8-10-13-23/h8-10,12-17H,5-7,11,18-20H2,1-4H3,(H2,26,27,28). The molecule has 0 saturated carbocycles. The number of para-hydroxylation sites is 1. The number of hydrogen-bond acceptors (Lipinski definition) is 3. The average molecular weight is 424 g/mol. The van der Waals surface area contributed by atoms with E-state index in [1.54, 1.807) is 7.05 Å². The Morgan fingerprint density at radius 3 is 2.16 bits per heavy atom. The first-order valence-electron chi connectivity index (χ1n) is 11.3. The smallest absolute Gasteiger partial charge is 0.253 e. The number of amides is 1. The minimum atomic E-state index is 0.0820. The Morgan fingerprint density at radius 2 is 1.58 bits per heavy atom. The highest BCUT2D eigenvalue weighted by Gasteiger charge is 2.12. The van der Waals surface area contributed by atoms with Crippen LogP contribution in [0.5, 0.6) is 0 Å². The number of carbonyl (C=O) groups excluding carboxylic acids is 1. The maximum atomic E-state index is 12.4. The van der Waals surface area contributed by atoms with Crippen LogP contribution in [0.2, 0.25) is 0 Å². The second-order valence-corrected chi connectivity index (χ2v) is 7.30. The summed E-state index contributed by atoms with van der Waals surface area (Å²) in [6.07, 6.45) is 1.02. The number of nitrogens with zero attached hydrogens (tertiary/aromatic N) is 3. The lowest BCUT2D eigenvalue weighted by Crippen LogP contribution is -2.38. The topological polar surface area (TPSA) is 60.0 Å². The molecule has 6 heteroatoms. The van der Waals surface area contributed by atoms with E-state index in [9.17, 15) is 4.79 Å². The van der Waals surface area contributed by atoms with Crippen LogP contribution in [0.4, 0.5) is 5.69 Å². The van der Waals surface area contributed by atoms with E-state index in [1.165, 1.54) is 5.69 Å². The fraction of sp³-hybridized carbons (Fsp3) is 0.440. The number of nitrogens with one attached hydrogen (secondary N) is 2. The number of carbonyl (C=O) groups is 1. The predicted molar refractivity (Wildman–Crippen MR) is 131 cm³/mol. The zero-order valence-corrected chi connectivity index (χ0v) is 19.4. The van der Waals surface area contributed by atoms with Crippen LogP contribution in [0.15, 0.2) is 59.6 Å². The molecule has 0 heterocycles. The first-order chi connectivity index (χ1) is 15.1. The monoisotopic (exact) mass is 423 g/mol. The minimum absolute atomic E-state index is 0.0820. The van der Waals surface area contributed by atoms with Crippen molar-refractivity contribution in [2.75, 3.05) is 44.7 Å². The normalized spacial score (nSPS) is 11.2. The van der Waals surface area contributed by atoms with Crippen LogP contribution >= 0.6 is 0 Å². The van der Waals surface area contributed by atoms with E-state index >= 15 is 0 Å². The van der Waals surface area contributed by atoms with Crippen molar-refractivity contribution >= 4 is 17.6 Å². The van der Waals surface area contributed by atoms with E-state index in [0.29, 0.717) is 6.54 Å². The van der Waals surface area contributed by atoms with Crippen LogP contribution in [0, 0.1) is 0 Å². The van der Waals surface area contributed by atoms with Gasteiger partial charge < -0.3 is 20.4 Å². The number of rotatable bonds is 11. The SMILES string of the molecule is CCN(CC)C(=O)c1ccc(CNC(=NC)NCCCN(CC)c2ccccc2)cc1. The molecule has 6 nitrogen and oxygen atoms in total. The zero-order valence-electron chi connectivity index (χ0n) is 19.4. The van der Waals surface area contributed by atoms with Gasteiger partial charge in [0.05, 0.1) is 0 Å². The van der Waals surface area contributed by atoms with Crippen molar-refractivity contribution in [3.05, 3.63) is 65.7 Å². The van der Waals surface area contributed by atoms with Gasteiger partial charge in [0, 0.05) is 57.6 Å². The lowest BCUT2D eigenvalue weighted by Gasteiger charge is -2.23. The quantitative estimate of drug-likeness (QED) is 0.328. The van der Waals surface area contributed by atoms with E-state index < -0.39 is 0 Å². The zero-order chi connectivity index (χ0) is 22.5. The third kappa shape index (κ3) is 7.63. The molecule has 0 aliphatic rings. The maximum absolute atomic E-state index is 12.4. The van der Waals surface area contributed by atoms with Gasteiger partial charge in [-0.1, -0.05) is 30.3 Å². The second-order valence-electron chi connectivity index (χ2n) is 7.30. The van der Waals surface area contributed by atoms with Gasteiger partial charge in [-0.15, -0.1) is 0 Å². The Morgan fingerprint density at radius 1 is 0.903 bits per heavy atom. The van der Waals surface area contributed by atoms with Gasteiger partial charge in [0.25, 0.3) is 5.91 Å². The maximum Gasteiger partial charge on any atom is 0.253 e. The molecule has 168 valence electrons. The number of aliphatic imine (C=N–C) groups is 1. The van der Waals surface area contributed by atoms with E-state index in [1.807, 2.05) is 49.1 Å². The predicted octanol–water partition coefficient (Wildman–Crippen LogP) is 3.75. The third-order valence-corrected chi connectivity index (χ3v) is 5.34. The van der Waals surface area contributed by atoms with Crippen LogP contribution in [0.1, 0.15) is 43.1 Å². The minimum Gasteiger partial charge on any atom is -0.372 e. The average Bonchev–Trinajstić information content (AvgIpc) is 2.82. The van der Waals surface area contributed by atoms with Crippen LogP contribution in [-0.2, 0) is 6.54 Å². The van der Waals surface area contributed by atoms with Gasteiger partial charge in [0.1, 0.15) is 0 Å². The summed E-state index contributed by atoms with van der Waals surface area (Å²) in [6.45, 7) is 11.1. The van der Waals surface area contributed by atoms with E-state index in [-0.39, 0.29) is 5.91 Å². The van der Waals surface area contributed by atoms with Gasteiger partial charge in [-0.25, -0.2) is 0 Å². The highest BCUT2D eigenvalue weighted by atomic mass is 16.2. The summed E-state index contributed by atoms with van der Waals surface area (Å²) in [6, 6.07) is 18.3. The molecule has 0 radical (unpaired) electrons. The van der Waals surface area contributed by atoms with Gasteiger partial charge in [-0.3, -0.25) is 9.79 Å². The Hall–Kier alpha value is -3.02. The lowest BCUT2D eigenvalue weighted by molar-refractivity contribution is 0.0773. The van der Waals surface area contributed by atoms with Crippen molar-refractivity contribution in [1.29, 1.82) is 0 Å². The molecule has 2 N–H and O–H groups in total. The third-order valence-electron chi connectivity index (χ3n) is 5.34. The summed E-state index contributed by atoms with van der Waals surface area (Å²) in [5.74, 6) is 0.865. The summed E-state index contributed by atoms with van der Waals surface area (Å²) >= 11 is 0. The van der Waals surface area contributed by atoms with Gasteiger partial charge in [-0.05, 0) is 57.0 Å². The first kappa shape index (κ1) is 24.3. The number of anilines is 1. The molecular formula is C25H37N5O. The van der Waals surface area contributed by atoms with Crippen molar-refractivity contribution < 1.29 is 4.79 Å². The van der Waals surface area contributed by atoms with Gasteiger partial charge in [0.2, 0.25) is 0 Å². The summed E-state index contributed by atoms with van der Waals surface area (Å²) < 4.78 is 0. The van der Waals surface area contributed by atoms with Crippen molar-refractivity contribution in [2.24, 2.45) is 4.99 Å². The van der Waals surface area contributed by atoms with Gasteiger partial charge in [-0.2, -0.15) is 0 Å². The van der Waals surface area contributed by atoms with Crippen LogP contribution in [0.25, 0.3) is 0 Å². The molecule has 0 saturated heterocycles. The molecule has 0 aliphatic carbocycles. The molecular weight excluding hydrogens is 386 g/mol. The Labute approximate surface area is 187 Å². The molecule has 2 rings (SSSR count). The highest BCUT2D eigenvalue weighted by Crippen LogP contribution is 2.12. The van der Waals surface area contributed by atoms with E-state index in [0.717, 1.165) is 56.2 Å². The molecule has 31 heavy (non-hydrogen) atoms. The summed E-state index contributed by atoms with van der Waals surface area (Å²) in [5, 5.41) is 6.73. The van der Waals surface area contributed by atoms with E-state index in [4.69, 9.17) is 0 Å². The molecule has 0 fully saturated rings. The molecule has 0 aliphatic heterocycles. The molecule has 0 unspecified atom stereocenters. The lowest BCUT2D eigenvalue weighted by atomic mass is 10.1.